The number of nitrogens with zero attached hydrogens (tertiary/aromatic N) is 2. The van der Waals surface area contributed by atoms with Crippen molar-refractivity contribution < 1.29 is 14.6 Å². The highest BCUT2D eigenvalue weighted by molar-refractivity contribution is 5.86. The Morgan fingerprint density at radius 3 is 2.93 bits per heavy atom. The molecule has 2 aliphatic heterocycles. The zero-order valence-electron chi connectivity index (χ0n) is 15.1. The molecule has 0 bridgehead atoms. The fraction of sp³-hybridized carbons (Fsp3) is 0.227. The standard InChI is InChI=1S/C22H18N2O4/c1-2-3-8-22(27)16-10-18-19-14(9-13-6-4-5-7-17(13)23-19)11-24(18)20(25)15(16)12-28-21(22)26/h2,4-7,9-10,27H,1,3,8,11-12H2/t22-/m0/s1. The van der Waals surface area contributed by atoms with E-state index in [0.717, 1.165) is 16.5 Å². The van der Waals surface area contributed by atoms with Crippen molar-refractivity contribution in [3.63, 3.8) is 0 Å². The SMILES string of the molecule is C=CCC[C@@]1(O)C(=O)OCc2c1cc1n(c2=O)Cc2cc3ccccc3nc2-1. The Morgan fingerprint density at radius 2 is 2.11 bits per heavy atom. The molecule has 1 atom stereocenters. The summed E-state index contributed by atoms with van der Waals surface area (Å²) in [6.07, 6.45) is 2.16. The van der Waals surface area contributed by atoms with Crippen LogP contribution in [0.4, 0.5) is 0 Å². The maximum absolute atomic E-state index is 13.1. The van der Waals surface area contributed by atoms with Gasteiger partial charge in [-0.3, -0.25) is 4.79 Å². The smallest absolute Gasteiger partial charge is 0.343 e. The van der Waals surface area contributed by atoms with Gasteiger partial charge in [-0.1, -0.05) is 24.3 Å². The van der Waals surface area contributed by atoms with Crippen molar-refractivity contribution >= 4 is 16.9 Å². The molecule has 0 aliphatic carbocycles. The molecule has 5 rings (SSSR count). The van der Waals surface area contributed by atoms with Crippen LogP contribution in [0.15, 0.2) is 53.8 Å². The van der Waals surface area contributed by atoms with E-state index in [-0.39, 0.29) is 18.6 Å². The normalized spacial score (nSPS) is 19.7. The molecule has 0 radical (unpaired) electrons. The number of esters is 1. The first-order valence-electron chi connectivity index (χ1n) is 9.19. The average molecular weight is 374 g/mol. The van der Waals surface area contributed by atoms with E-state index in [1.54, 1.807) is 16.7 Å². The van der Waals surface area contributed by atoms with E-state index in [9.17, 15) is 14.7 Å². The number of carbonyl (C=O) groups is 1. The van der Waals surface area contributed by atoms with Crippen molar-refractivity contribution in [2.75, 3.05) is 0 Å². The van der Waals surface area contributed by atoms with Crippen LogP contribution in [0.25, 0.3) is 22.3 Å². The average Bonchev–Trinajstić information content (AvgIpc) is 3.06. The number of para-hydroxylation sites is 1. The third-order valence-electron chi connectivity index (χ3n) is 5.62. The van der Waals surface area contributed by atoms with Gasteiger partial charge in [-0.2, -0.15) is 0 Å². The topological polar surface area (TPSA) is 81.4 Å². The van der Waals surface area contributed by atoms with Crippen LogP contribution < -0.4 is 5.56 Å². The largest absolute Gasteiger partial charge is 0.458 e. The van der Waals surface area contributed by atoms with E-state index in [1.165, 1.54) is 0 Å². The van der Waals surface area contributed by atoms with E-state index in [2.05, 4.69) is 6.58 Å². The Kier molecular flexibility index (Phi) is 3.54. The van der Waals surface area contributed by atoms with Crippen LogP contribution >= 0.6 is 0 Å². The first-order chi connectivity index (χ1) is 13.5. The maximum atomic E-state index is 13.1. The number of hydrogen-bond donors (Lipinski definition) is 1. The lowest BCUT2D eigenvalue weighted by Gasteiger charge is -2.32. The number of carbonyl (C=O) groups excluding carboxylic acids is 1. The van der Waals surface area contributed by atoms with Gasteiger partial charge in [0.25, 0.3) is 5.56 Å². The molecule has 0 fully saturated rings. The van der Waals surface area contributed by atoms with Gasteiger partial charge in [0, 0.05) is 16.5 Å². The Labute approximate surface area is 160 Å². The highest BCUT2D eigenvalue weighted by Gasteiger charge is 2.46. The van der Waals surface area contributed by atoms with Crippen LogP contribution in [-0.4, -0.2) is 20.6 Å². The molecule has 0 amide bonds. The predicted octanol–water partition coefficient (Wildman–Crippen LogP) is 2.64. The molecule has 0 saturated heterocycles. The minimum Gasteiger partial charge on any atom is -0.458 e. The van der Waals surface area contributed by atoms with E-state index in [1.807, 2.05) is 30.3 Å². The Balaban J connectivity index is 1.76. The number of fused-ring (bicyclic) bond motifs is 5. The van der Waals surface area contributed by atoms with Crippen LogP contribution in [0.2, 0.25) is 0 Å². The predicted molar refractivity (Wildman–Crippen MR) is 104 cm³/mol. The second-order valence-corrected chi connectivity index (χ2v) is 7.27. The third-order valence-corrected chi connectivity index (χ3v) is 5.62. The number of cyclic esters (lactones) is 1. The lowest BCUT2D eigenvalue weighted by atomic mass is 9.84. The van der Waals surface area contributed by atoms with Gasteiger partial charge in [0.05, 0.1) is 29.0 Å². The number of benzene rings is 1. The molecule has 1 N–H and O–H groups in total. The van der Waals surface area contributed by atoms with Gasteiger partial charge in [0.1, 0.15) is 6.61 Å². The molecular formula is C22H18N2O4. The van der Waals surface area contributed by atoms with Crippen molar-refractivity contribution in [1.82, 2.24) is 9.55 Å². The fourth-order valence-electron chi connectivity index (χ4n) is 4.14. The summed E-state index contributed by atoms with van der Waals surface area (Å²) in [6, 6.07) is 11.5. The number of aliphatic hydroxyl groups is 1. The summed E-state index contributed by atoms with van der Waals surface area (Å²) in [6.45, 7) is 3.93. The molecule has 2 aromatic heterocycles. The van der Waals surface area contributed by atoms with Crippen molar-refractivity contribution in [3.8, 4) is 11.4 Å². The third kappa shape index (κ3) is 2.21. The van der Waals surface area contributed by atoms with Crippen LogP contribution in [0.3, 0.4) is 0 Å². The molecule has 0 saturated carbocycles. The first kappa shape index (κ1) is 16.9. The summed E-state index contributed by atoms with van der Waals surface area (Å²) in [7, 11) is 0. The number of aromatic nitrogens is 2. The van der Waals surface area contributed by atoms with Crippen LogP contribution in [0.1, 0.15) is 29.5 Å². The van der Waals surface area contributed by atoms with Gasteiger partial charge in [-0.25, -0.2) is 9.78 Å². The second kappa shape index (κ2) is 5.87. The molecule has 0 spiro atoms. The number of ether oxygens (including phenoxy) is 1. The molecular weight excluding hydrogens is 356 g/mol. The van der Waals surface area contributed by atoms with Crippen molar-refractivity contribution in [2.24, 2.45) is 0 Å². The van der Waals surface area contributed by atoms with Gasteiger partial charge in [0.15, 0.2) is 5.60 Å². The van der Waals surface area contributed by atoms with Gasteiger partial charge < -0.3 is 14.4 Å². The number of pyridine rings is 2. The van der Waals surface area contributed by atoms with Crippen molar-refractivity contribution in [2.45, 2.75) is 31.6 Å². The van der Waals surface area contributed by atoms with Crippen LogP contribution in [0.5, 0.6) is 0 Å². The van der Waals surface area contributed by atoms with E-state index in [0.29, 0.717) is 35.5 Å². The summed E-state index contributed by atoms with van der Waals surface area (Å²) >= 11 is 0. The molecule has 4 heterocycles. The summed E-state index contributed by atoms with van der Waals surface area (Å²) in [5, 5.41) is 12.1. The zero-order valence-corrected chi connectivity index (χ0v) is 15.1. The fourth-order valence-corrected chi connectivity index (χ4v) is 4.14. The number of allylic oxidation sites excluding steroid dienone is 1. The van der Waals surface area contributed by atoms with Crippen molar-refractivity contribution in [1.29, 1.82) is 0 Å². The molecule has 0 unspecified atom stereocenters. The molecule has 3 aromatic rings. The molecule has 1 aromatic carbocycles. The molecule has 2 aliphatic rings. The van der Waals surface area contributed by atoms with Crippen LogP contribution in [0, 0.1) is 0 Å². The lowest BCUT2D eigenvalue weighted by Crippen LogP contribution is -2.44. The zero-order chi connectivity index (χ0) is 19.5. The molecule has 28 heavy (non-hydrogen) atoms. The minimum atomic E-state index is -1.85. The summed E-state index contributed by atoms with van der Waals surface area (Å²) in [4.78, 5) is 30.3. The highest BCUT2D eigenvalue weighted by atomic mass is 16.6. The van der Waals surface area contributed by atoms with Gasteiger partial charge in [-0.15, -0.1) is 6.58 Å². The molecule has 140 valence electrons. The van der Waals surface area contributed by atoms with Crippen molar-refractivity contribution in [3.05, 3.63) is 76.1 Å². The van der Waals surface area contributed by atoms with Gasteiger partial charge in [0.2, 0.25) is 0 Å². The van der Waals surface area contributed by atoms with E-state index in [4.69, 9.17) is 9.72 Å². The maximum Gasteiger partial charge on any atom is 0.343 e. The first-order valence-corrected chi connectivity index (χ1v) is 9.19. The molecule has 6 heteroatoms. The quantitative estimate of drug-likeness (QED) is 0.440. The van der Waals surface area contributed by atoms with Gasteiger partial charge >= 0.3 is 5.97 Å². The molecule has 6 nitrogen and oxygen atoms in total. The lowest BCUT2D eigenvalue weighted by molar-refractivity contribution is -0.172. The Morgan fingerprint density at radius 1 is 1.29 bits per heavy atom. The Bertz CT molecular complexity index is 1230. The van der Waals surface area contributed by atoms with E-state index >= 15 is 0 Å². The minimum absolute atomic E-state index is 0.114. The summed E-state index contributed by atoms with van der Waals surface area (Å²) in [5.74, 6) is -0.726. The monoisotopic (exact) mass is 374 g/mol. The summed E-state index contributed by atoms with van der Waals surface area (Å²) in [5.41, 5.74) is 1.66. The summed E-state index contributed by atoms with van der Waals surface area (Å²) < 4.78 is 6.79. The Hall–Kier alpha value is -3.25. The van der Waals surface area contributed by atoms with E-state index < -0.39 is 11.6 Å². The van der Waals surface area contributed by atoms with Gasteiger partial charge in [-0.05, 0) is 31.0 Å². The highest BCUT2D eigenvalue weighted by Crippen LogP contribution is 2.39. The number of rotatable bonds is 3. The second-order valence-electron chi connectivity index (χ2n) is 7.27. The van der Waals surface area contributed by atoms with Crippen LogP contribution in [-0.2, 0) is 28.3 Å². The number of hydrogen-bond acceptors (Lipinski definition) is 5.